The first-order valence-corrected chi connectivity index (χ1v) is 4.23. The first kappa shape index (κ1) is 12.9. The van der Waals surface area contributed by atoms with Crippen molar-refractivity contribution in [1.82, 2.24) is 5.32 Å². The molecule has 0 saturated heterocycles. The van der Waals surface area contributed by atoms with Gasteiger partial charge in [0, 0.05) is 20.1 Å². The van der Waals surface area contributed by atoms with Crippen molar-refractivity contribution in [3.05, 3.63) is 0 Å². The number of ether oxygens (including phenoxy) is 1. The first-order valence-electron chi connectivity index (χ1n) is 4.23. The van der Waals surface area contributed by atoms with Crippen molar-refractivity contribution in [2.75, 3.05) is 20.3 Å². The number of carbonyl (C=O) groups excluding carboxylic acids is 1. The van der Waals surface area contributed by atoms with Crippen LogP contribution in [0.3, 0.4) is 0 Å². The second kappa shape index (κ2) is 7.28. The number of methoxy groups -OCH3 is 1. The van der Waals surface area contributed by atoms with Crippen LogP contribution in [0.2, 0.25) is 0 Å². The molecule has 0 aliphatic rings. The predicted octanol–water partition coefficient (Wildman–Crippen LogP) is -1.03. The maximum absolute atomic E-state index is 11.1. The summed E-state index contributed by atoms with van der Waals surface area (Å²) in [5.74, 6) is -1.64. The van der Waals surface area contributed by atoms with E-state index >= 15 is 0 Å². The van der Waals surface area contributed by atoms with Crippen LogP contribution in [0.25, 0.3) is 0 Å². The van der Waals surface area contributed by atoms with Crippen molar-refractivity contribution in [2.24, 2.45) is 0 Å². The first-order chi connectivity index (χ1) is 6.61. The molecule has 0 aliphatic heterocycles. The molecule has 0 aromatic rings. The summed E-state index contributed by atoms with van der Waals surface area (Å²) in [7, 11) is 1.52. The van der Waals surface area contributed by atoms with E-state index in [2.05, 4.69) is 5.32 Å². The number of rotatable bonds is 7. The van der Waals surface area contributed by atoms with Gasteiger partial charge in [-0.1, -0.05) is 0 Å². The van der Waals surface area contributed by atoms with Crippen LogP contribution in [0, 0.1) is 0 Å². The van der Waals surface area contributed by atoms with Crippen LogP contribution in [0.1, 0.15) is 12.8 Å². The van der Waals surface area contributed by atoms with Gasteiger partial charge < -0.3 is 20.3 Å². The van der Waals surface area contributed by atoms with E-state index in [4.69, 9.17) is 14.9 Å². The second-order valence-electron chi connectivity index (χ2n) is 2.74. The van der Waals surface area contributed by atoms with Crippen LogP contribution >= 0.6 is 0 Å². The van der Waals surface area contributed by atoms with Crippen LogP contribution < -0.4 is 5.32 Å². The van der Waals surface area contributed by atoms with Gasteiger partial charge in [0.15, 0.2) is 0 Å². The molecule has 0 aliphatic carbocycles. The third-order valence-corrected chi connectivity index (χ3v) is 1.57. The van der Waals surface area contributed by atoms with Gasteiger partial charge in [-0.2, -0.15) is 0 Å². The van der Waals surface area contributed by atoms with Gasteiger partial charge in [-0.25, -0.2) is 4.79 Å². The minimum Gasteiger partial charge on any atom is -0.480 e. The largest absolute Gasteiger partial charge is 0.480 e. The Kier molecular flexibility index (Phi) is 6.69. The quantitative estimate of drug-likeness (QED) is 0.462. The number of aliphatic hydroxyl groups is 1. The van der Waals surface area contributed by atoms with Crippen molar-refractivity contribution in [1.29, 1.82) is 0 Å². The number of hydrogen-bond acceptors (Lipinski definition) is 4. The summed E-state index contributed by atoms with van der Waals surface area (Å²) < 4.78 is 4.73. The van der Waals surface area contributed by atoms with E-state index in [1.54, 1.807) is 0 Å². The van der Waals surface area contributed by atoms with Crippen LogP contribution in [0.15, 0.2) is 0 Å². The summed E-state index contributed by atoms with van der Waals surface area (Å²) in [5.41, 5.74) is 0. The molecule has 14 heavy (non-hydrogen) atoms. The summed E-state index contributed by atoms with van der Waals surface area (Å²) in [5, 5.41) is 19.3. The second-order valence-corrected chi connectivity index (χ2v) is 2.74. The Bertz CT molecular complexity index is 194. The zero-order valence-electron chi connectivity index (χ0n) is 8.02. The Labute approximate surface area is 81.9 Å². The molecule has 0 heterocycles. The zero-order chi connectivity index (χ0) is 11.0. The summed E-state index contributed by atoms with van der Waals surface area (Å²) in [4.78, 5) is 21.4. The summed E-state index contributed by atoms with van der Waals surface area (Å²) in [6.45, 7) is -0.157. The Morgan fingerprint density at radius 3 is 2.57 bits per heavy atom. The lowest BCUT2D eigenvalue weighted by Crippen LogP contribution is -2.43. The average molecular weight is 205 g/mol. The normalized spacial score (nSPS) is 12.1. The molecule has 0 aromatic carbocycles. The lowest BCUT2D eigenvalue weighted by molar-refractivity contribution is -0.143. The Morgan fingerprint density at radius 2 is 2.14 bits per heavy atom. The number of carboxylic acid groups (broad SMARTS) is 1. The van der Waals surface area contributed by atoms with Gasteiger partial charge in [-0.05, 0) is 6.42 Å². The van der Waals surface area contributed by atoms with Gasteiger partial charge in [0.1, 0.15) is 6.04 Å². The van der Waals surface area contributed by atoms with Crippen molar-refractivity contribution in [2.45, 2.75) is 18.9 Å². The highest BCUT2D eigenvalue weighted by Gasteiger charge is 2.17. The number of hydrogen-bond donors (Lipinski definition) is 3. The van der Waals surface area contributed by atoms with Gasteiger partial charge in [0.05, 0.1) is 6.61 Å². The maximum Gasteiger partial charge on any atom is 0.328 e. The summed E-state index contributed by atoms with van der Waals surface area (Å²) >= 11 is 0. The molecule has 1 atom stereocenters. The van der Waals surface area contributed by atoms with E-state index in [0.29, 0.717) is 13.0 Å². The van der Waals surface area contributed by atoms with E-state index < -0.39 is 24.5 Å². The minimum absolute atomic E-state index is 0.192. The molecule has 1 unspecified atom stereocenters. The fourth-order valence-electron chi connectivity index (χ4n) is 0.829. The maximum atomic E-state index is 11.1. The van der Waals surface area contributed by atoms with E-state index in [-0.39, 0.29) is 6.42 Å². The molecule has 6 nitrogen and oxygen atoms in total. The monoisotopic (exact) mass is 205 g/mol. The molecular weight excluding hydrogens is 190 g/mol. The summed E-state index contributed by atoms with van der Waals surface area (Å²) in [6, 6.07) is -1.22. The average Bonchev–Trinajstić information content (AvgIpc) is 2.14. The van der Waals surface area contributed by atoms with E-state index in [9.17, 15) is 9.59 Å². The molecule has 0 fully saturated rings. The lowest BCUT2D eigenvalue weighted by atomic mass is 10.2. The molecule has 0 rings (SSSR count). The fraction of sp³-hybridized carbons (Fsp3) is 0.750. The van der Waals surface area contributed by atoms with Crippen molar-refractivity contribution < 1.29 is 24.5 Å². The minimum atomic E-state index is -1.24. The van der Waals surface area contributed by atoms with Crippen molar-refractivity contribution in [3.8, 4) is 0 Å². The van der Waals surface area contributed by atoms with Crippen LogP contribution in [-0.4, -0.2) is 48.5 Å². The van der Waals surface area contributed by atoms with Gasteiger partial charge >= 0.3 is 5.97 Å². The number of carbonyl (C=O) groups is 2. The van der Waals surface area contributed by atoms with Gasteiger partial charge in [-0.3, -0.25) is 4.79 Å². The van der Waals surface area contributed by atoms with Gasteiger partial charge in [-0.15, -0.1) is 0 Å². The predicted molar refractivity (Wildman–Crippen MR) is 47.8 cm³/mol. The molecule has 3 N–H and O–H groups in total. The molecule has 0 bridgehead atoms. The lowest BCUT2D eigenvalue weighted by Gasteiger charge is -2.10. The van der Waals surface area contributed by atoms with Gasteiger partial charge in [0.2, 0.25) is 5.91 Å². The van der Waals surface area contributed by atoms with E-state index in [0.717, 1.165) is 0 Å². The fourth-order valence-corrected chi connectivity index (χ4v) is 0.829. The Balaban J connectivity index is 3.74. The van der Waals surface area contributed by atoms with Crippen molar-refractivity contribution >= 4 is 11.9 Å². The molecule has 0 aromatic heterocycles. The Morgan fingerprint density at radius 1 is 1.50 bits per heavy atom. The van der Waals surface area contributed by atoms with Crippen LogP contribution in [-0.2, 0) is 14.3 Å². The highest BCUT2D eigenvalue weighted by atomic mass is 16.5. The third kappa shape index (κ3) is 5.50. The Hall–Kier alpha value is -1.14. The number of aliphatic carboxylic acids is 1. The molecule has 82 valence electrons. The number of nitrogens with one attached hydrogen (secondary N) is 1. The van der Waals surface area contributed by atoms with E-state index in [1.165, 1.54) is 7.11 Å². The number of aliphatic hydroxyl groups excluding tert-OH is 1. The van der Waals surface area contributed by atoms with E-state index in [1.807, 2.05) is 0 Å². The summed E-state index contributed by atoms with van der Waals surface area (Å²) in [6.07, 6.45) is 0.720. The molecule has 6 heteroatoms. The third-order valence-electron chi connectivity index (χ3n) is 1.57. The highest BCUT2D eigenvalue weighted by molar-refractivity contribution is 5.83. The standard InChI is InChI=1S/C8H15NO5/c1-14-4-2-3-7(11)9-6(5-10)8(12)13/h6,10H,2-5H2,1H3,(H,9,11)(H,12,13). The molecular formula is C8H15NO5. The smallest absolute Gasteiger partial charge is 0.328 e. The SMILES string of the molecule is COCCCC(=O)NC(CO)C(=O)O. The topological polar surface area (TPSA) is 95.9 Å². The van der Waals surface area contributed by atoms with Gasteiger partial charge in [0.25, 0.3) is 0 Å². The molecule has 0 radical (unpaired) electrons. The molecule has 1 amide bonds. The molecule has 0 saturated carbocycles. The molecule has 0 spiro atoms. The zero-order valence-corrected chi connectivity index (χ0v) is 8.02. The highest BCUT2D eigenvalue weighted by Crippen LogP contribution is 1.91. The number of amides is 1. The van der Waals surface area contributed by atoms with Crippen LogP contribution in [0.4, 0.5) is 0 Å². The number of carboxylic acids is 1. The van der Waals surface area contributed by atoms with Crippen molar-refractivity contribution in [3.63, 3.8) is 0 Å². The van der Waals surface area contributed by atoms with Crippen LogP contribution in [0.5, 0.6) is 0 Å².